The van der Waals surface area contributed by atoms with Gasteiger partial charge in [-0.05, 0) is 31.4 Å². The van der Waals surface area contributed by atoms with Crippen molar-refractivity contribution in [2.75, 3.05) is 33.3 Å². The molecular weight excluding hydrogens is 422 g/mol. The minimum atomic E-state index is -0.685. The van der Waals surface area contributed by atoms with Gasteiger partial charge in [-0.2, -0.15) is 0 Å². The van der Waals surface area contributed by atoms with E-state index in [4.69, 9.17) is 20.8 Å². The summed E-state index contributed by atoms with van der Waals surface area (Å²) in [6.45, 7) is 4.37. The second-order valence-electron chi connectivity index (χ2n) is 8.25. The Hall–Kier alpha value is -2.29. The maximum Gasteiger partial charge on any atom is 0.287 e. The zero-order valence-electron chi connectivity index (χ0n) is 17.8. The molecule has 0 bridgehead atoms. The van der Waals surface area contributed by atoms with Gasteiger partial charge in [0.15, 0.2) is 17.1 Å². The number of amides is 2. The minimum Gasteiger partial charge on any atom is -0.493 e. The van der Waals surface area contributed by atoms with Crippen molar-refractivity contribution in [3.63, 3.8) is 0 Å². The number of nitrogens with zero attached hydrogens (tertiary/aromatic N) is 2. The third-order valence-corrected chi connectivity index (χ3v) is 6.58. The van der Waals surface area contributed by atoms with Gasteiger partial charge in [0.05, 0.1) is 19.3 Å². The van der Waals surface area contributed by atoms with E-state index in [2.05, 4.69) is 10.2 Å². The zero-order valence-corrected chi connectivity index (χ0v) is 18.5. The molecule has 1 aromatic heterocycles. The second-order valence-corrected chi connectivity index (χ2v) is 8.68. The fourth-order valence-electron chi connectivity index (χ4n) is 4.67. The zero-order chi connectivity index (χ0) is 22.1. The highest BCUT2D eigenvalue weighted by atomic mass is 35.5. The Bertz CT molecular complexity index is 969. The Balaban J connectivity index is 1.43. The minimum absolute atomic E-state index is 0.0391. The van der Waals surface area contributed by atoms with Gasteiger partial charge in [-0.1, -0.05) is 11.6 Å². The summed E-state index contributed by atoms with van der Waals surface area (Å²) in [7, 11) is 1.52. The summed E-state index contributed by atoms with van der Waals surface area (Å²) in [6, 6.07) is 4.58. The summed E-state index contributed by atoms with van der Waals surface area (Å²) in [5, 5.41) is 15.1. The normalized spacial score (nSPS) is 24.9. The Kier molecular flexibility index (Phi) is 6.41. The lowest BCUT2D eigenvalue weighted by atomic mass is 9.86. The van der Waals surface area contributed by atoms with E-state index in [0.29, 0.717) is 41.3 Å². The quantitative estimate of drug-likeness (QED) is 0.743. The number of hydrogen-bond donors (Lipinski definition) is 2. The number of aliphatic hydroxyl groups excluding tert-OH is 1. The number of nitrogens with one attached hydrogen (secondary N) is 1. The molecule has 2 heterocycles. The van der Waals surface area contributed by atoms with Crippen LogP contribution in [0.2, 0.25) is 5.02 Å². The number of piperazine rings is 1. The predicted octanol–water partition coefficient (Wildman–Crippen LogP) is 2.27. The van der Waals surface area contributed by atoms with Crippen molar-refractivity contribution in [3.05, 3.63) is 29.0 Å². The second kappa shape index (κ2) is 9.06. The maximum atomic E-state index is 12.9. The fraction of sp³-hybridized carbons (Fsp3) is 0.545. The third-order valence-electron chi connectivity index (χ3n) is 6.36. The van der Waals surface area contributed by atoms with Crippen molar-refractivity contribution in [2.45, 2.75) is 44.4 Å². The standard InChI is InChI=1S/C22H28ClN3O5/c1-13(27)25-6-8-26(9-7-25)17-5-3-4-16(20(17)28)24-22(29)19-11-14-10-15(23)12-18(30-2)21(14)31-19/h10-12,16-17,20,28H,3-9H2,1-2H3,(H,24,29)/t16-,17-,20-/m1/s1. The van der Waals surface area contributed by atoms with Crippen LogP contribution in [0.25, 0.3) is 11.0 Å². The van der Waals surface area contributed by atoms with E-state index in [0.717, 1.165) is 25.9 Å². The summed E-state index contributed by atoms with van der Waals surface area (Å²) >= 11 is 6.10. The number of methoxy groups -OCH3 is 1. The molecule has 2 fully saturated rings. The lowest BCUT2D eigenvalue weighted by Gasteiger charge is -2.44. The van der Waals surface area contributed by atoms with Crippen molar-refractivity contribution in [1.82, 2.24) is 15.1 Å². The van der Waals surface area contributed by atoms with Gasteiger partial charge >= 0.3 is 0 Å². The van der Waals surface area contributed by atoms with Crippen molar-refractivity contribution in [3.8, 4) is 5.75 Å². The number of carbonyl (C=O) groups is 2. The molecule has 2 aromatic rings. The molecule has 0 spiro atoms. The molecule has 4 rings (SSSR count). The van der Waals surface area contributed by atoms with Gasteiger partial charge < -0.3 is 24.5 Å². The molecule has 9 heteroatoms. The van der Waals surface area contributed by atoms with Crippen LogP contribution in [-0.2, 0) is 4.79 Å². The van der Waals surface area contributed by atoms with Crippen molar-refractivity contribution < 1.29 is 23.8 Å². The highest BCUT2D eigenvalue weighted by molar-refractivity contribution is 6.31. The Morgan fingerprint density at radius 3 is 2.61 bits per heavy atom. The van der Waals surface area contributed by atoms with Crippen molar-refractivity contribution >= 4 is 34.4 Å². The number of furan rings is 1. The molecule has 1 aliphatic carbocycles. The number of ether oxygens (including phenoxy) is 1. The van der Waals surface area contributed by atoms with Crippen LogP contribution in [0.1, 0.15) is 36.7 Å². The van der Waals surface area contributed by atoms with Crippen molar-refractivity contribution in [2.24, 2.45) is 0 Å². The summed E-state index contributed by atoms with van der Waals surface area (Å²) in [5.41, 5.74) is 0.461. The number of halogens is 1. The van der Waals surface area contributed by atoms with Gasteiger partial charge in [-0.3, -0.25) is 14.5 Å². The summed E-state index contributed by atoms with van der Waals surface area (Å²) in [6.07, 6.45) is 1.79. The average molecular weight is 450 g/mol. The number of benzene rings is 1. The topological polar surface area (TPSA) is 95.2 Å². The van der Waals surface area contributed by atoms with Crippen LogP contribution in [0, 0.1) is 0 Å². The van der Waals surface area contributed by atoms with E-state index in [1.807, 2.05) is 4.90 Å². The van der Waals surface area contributed by atoms with Crippen LogP contribution in [-0.4, -0.2) is 78.2 Å². The molecule has 0 radical (unpaired) electrons. The van der Waals surface area contributed by atoms with Crippen LogP contribution in [0.5, 0.6) is 5.75 Å². The van der Waals surface area contributed by atoms with E-state index in [-0.39, 0.29) is 29.7 Å². The first-order valence-corrected chi connectivity index (χ1v) is 11.0. The number of rotatable bonds is 4. The SMILES string of the molecule is COc1cc(Cl)cc2cc(C(=O)N[C@@H]3CCC[C@@H](N4CCN(C(C)=O)CC4)[C@@H]3O)oc12. The van der Waals surface area contributed by atoms with Gasteiger partial charge in [-0.15, -0.1) is 0 Å². The van der Waals surface area contributed by atoms with E-state index >= 15 is 0 Å². The largest absolute Gasteiger partial charge is 0.493 e. The summed E-state index contributed by atoms with van der Waals surface area (Å²) in [5.74, 6) is 0.321. The molecule has 1 saturated heterocycles. The van der Waals surface area contributed by atoms with E-state index < -0.39 is 6.10 Å². The average Bonchev–Trinajstić information content (AvgIpc) is 3.19. The summed E-state index contributed by atoms with van der Waals surface area (Å²) < 4.78 is 11.0. The van der Waals surface area contributed by atoms with E-state index in [1.54, 1.807) is 25.1 Å². The first kappa shape index (κ1) is 21.9. The molecule has 3 atom stereocenters. The first-order chi connectivity index (χ1) is 14.9. The first-order valence-electron chi connectivity index (χ1n) is 10.6. The van der Waals surface area contributed by atoms with Crippen LogP contribution in [0.3, 0.4) is 0 Å². The highest BCUT2D eigenvalue weighted by Gasteiger charge is 2.38. The predicted molar refractivity (Wildman–Crippen MR) is 117 cm³/mol. The molecule has 2 amide bonds. The van der Waals surface area contributed by atoms with Gasteiger partial charge in [0.1, 0.15) is 0 Å². The van der Waals surface area contributed by atoms with Gasteiger partial charge in [-0.25, -0.2) is 0 Å². The van der Waals surface area contributed by atoms with E-state index in [9.17, 15) is 14.7 Å². The number of carbonyl (C=O) groups excluding carboxylic acids is 2. The molecule has 1 aliphatic heterocycles. The number of hydrogen-bond acceptors (Lipinski definition) is 6. The van der Waals surface area contributed by atoms with Crippen molar-refractivity contribution in [1.29, 1.82) is 0 Å². The molecule has 2 aliphatic rings. The smallest absolute Gasteiger partial charge is 0.287 e. The number of aliphatic hydroxyl groups is 1. The Morgan fingerprint density at radius 1 is 1.19 bits per heavy atom. The van der Waals surface area contributed by atoms with Gasteiger partial charge in [0.2, 0.25) is 5.91 Å². The molecule has 1 saturated carbocycles. The molecule has 31 heavy (non-hydrogen) atoms. The molecule has 8 nitrogen and oxygen atoms in total. The maximum absolute atomic E-state index is 12.9. The monoisotopic (exact) mass is 449 g/mol. The third kappa shape index (κ3) is 4.51. The number of fused-ring (bicyclic) bond motifs is 1. The van der Waals surface area contributed by atoms with Crippen LogP contribution < -0.4 is 10.1 Å². The molecule has 1 aromatic carbocycles. The molecule has 168 valence electrons. The van der Waals surface area contributed by atoms with Crippen LogP contribution >= 0.6 is 11.6 Å². The van der Waals surface area contributed by atoms with E-state index in [1.165, 1.54) is 7.11 Å². The highest BCUT2D eigenvalue weighted by Crippen LogP contribution is 2.32. The lowest BCUT2D eigenvalue weighted by molar-refractivity contribution is -0.131. The van der Waals surface area contributed by atoms with Crippen LogP contribution in [0.4, 0.5) is 0 Å². The Morgan fingerprint density at radius 2 is 1.94 bits per heavy atom. The summed E-state index contributed by atoms with van der Waals surface area (Å²) in [4.78, 5) is 28.5. The Labute approximate surface area is 186 Å². The fourth-order valence-corrected chi connectivity index (χ4v) is 4.89. The molecule has 2 N–H and O–H groups in total. The molecule has 0 unspecified atom stereocenters. The lowest BCUT2D eigenvalue weighted by Crippen LogP contribution is -2.60. The molecular formula is C22H28ClN3O5. The van der Waals surface area contributed by atoms with Crippen LogP contribution in [0.15, 0.2) is 22.6 Å². The van der Waals surface area contributed by atoms with Gasteiger partial charge in [0.25, 0.3) is 5.91 Å². The van der Waals surface area contributed by atoms with Gasteiger partial charge in [0, 0.05) is 55.6 Å².